The standard InChI is InChI=1S/C12H23NO2S/c1-8-9(5-7-15-8)16(14)10-4-6-12(2,3)11(10)13/h8-11H,4-7,13H2,1-3H3. The fourth-order valence-electron chi connectivity index (χ4n) is 2.87. The second-order valence-electron chi connectivity index (χ2n) is 5.82. The lowest BCUT2D eigenvalue weighted by Crippen LogP contribution is -2.45. The molecule has 1 aliphatic carbocycles. The SMILES string of the molecule is CC1OCCC1S(=O)C1CCC(C)(C)C1N. The summed E-state index contributed by atoms with van der Waals surface area (Å²) in [5, 5.41) is 0.370. The summed E-state index contributed by atoms with van der Waals surface area (Å²) in [6, 6.07) is 0.0705. The molecule has 2 rings (SSSR count). The number of nitrogens with two attached hydrogens (primary N) is 1. The van der Waals surface area contributed by atoms with Crippen molar-refractivity contribution in [2.24, 2.45) is 11.1 Å². The zero-order valence-electron chi connectivity index (χ0n) is 10.4. The van der Waals surface area contributed by atoms with Crippen molar-refractivity contribution in [3.8, 4) is 0 Å². The summed E-state index contributed by atoms with van der Waals surface area (Å²) in [4.78, 5) is 0. The third-order valence-corrected chi connectivity index (χ3v) is 6.62. The molecule has 0 aromatic heterocycles. The Bertz CT molecular complexity index is 293. The van der Waals surface area contributed by atoms with Crippen molar-refractivity contribution < 1.29 is 8.95 Å². The van der Waals surface area contributed by atoms with E-state index in [-0.39, 0.29) is 28.1 Å². The van der Waals surface area contributed by atoms with Crippen LogP contribution in [0.15, 0.2) is 0 Å². The Morgan fingerprint density at radius 1 is 1.31 bits per heavy atom. The van der Waals surface area contributed by atoms with Gasteiger partial charge in [0, 0.05) is 23.4 Å². The monoisotopic (exact) mass is 245 g/mol. The summed E-state index contributed by atoms with van der Waals surface area (Å²) in [6.07, 6.45) is 3.16. The van der Waals surface area contributed by atoms with Crippen molar-refractivity contribution in [1.82, 2.24) is 0 Å². The van der Waals surface area contributed by atoms with Crippen molar-refractivity contribution in [2.45, 2.75) is 62.7 Å². The zero-order valence-corrected chi connectivity index (χ0v) is 11.3. The Hall–Kier alpha value is 0.0700. The first kappa shape index (κ1) is 12.5. The first-order chi connectivity index (χ1) is 7.43. The fraction of sp³-hybridized carbons (Fsp3) is 1.00. The van der Waals surface area contributed by atoms with Gasteiger partial charge >= 0.3 is 0 Å². The van der Waals surface area contributed by atoms with Crippen LogP contribution < -0.4 is 5.73 Å². The van der Waals surface area contributed by atoms with E-state index in [0.29, 0.717) is 0 Å². The molecule has 0 aromatic carbocycles. The van der Waals surface area contributed by atoms with E-state index in [4.69, 9.17) is 10.5 Å². The van der Waals surface area contributed by atoms with E-state index in [2.05, 4.69) is 13.8 Å². The molecule has 94 valence electrons. The van der Waals surface area contributed by atoms with E-state index in [1.54, 1.807) is 0 Å². The molecule has 2 aliphatic rings. The van der Waals surface area contributed by atoms with Crippen LogP contribution in [-0.4, -0.2) is 33.5 Å². The lowest BCUT2D eigenvalue weighted by Gasteiger charge is -2.28. The van der Waals surface area contributed by atoms with E-state index < -0.39 is 10.8 Å². The fourth-order valence-corrected chi connectivity index (χ4v) is 5.11. The third kappa shape index (κ3) is 2.07. The van der Waals surface area contributed by atoms with Crippen molar-refractivity contribution in [1.29, 1.82) is 0 Å². The van der Waals surface area contributed by atoms with Crippen LogP contribution in [0.2, 0.25) is 0 Å². The van der Waals surface area contributed by atoms with Gasteiger partial charge in [0.1, 0.15) is 0 Å². The van der Waals surface area contributed by atoms with Crippen LogP contribution in [0.1, 0.15) is 40.0 Å². The van der Waals surface area contributed by atoms with Gasteiger partial charge in [-0.1, -0.05) is 13.8 Å². The summed E-state index contributed by atoms with van der Waals surface area (Å²) >= 11 is 0. The van der Waals surface area contributed by atoms with Gasteiger partial charge in [0.15, 0.2) is 0 Å². The molecule has 0 bridgehead atoms. The molecule has 1 saturated heterocycles. The van der Waals surface area contributed by atoms with Gasteiger partial charge in [0.25, 0.3) is 0 Å². The highest BCUT2D eigenvalue weighted by atomic mass is 32.2. The van der Waals surface area contributed by atoms with Crippen LogP contribution in [0.25, 0.3) is 0 Å². The molecule has 4 heteroatoms. The topological polar surface area (TPSA) is 52.3 Å². The lowest BCUT2D eigenvalue weighted by molar-refractivity contribution is 0.126. The van der Waals surface area contributed by atoms with Gasteiger partial charge in [-0.2, -0.15) is 0 Å². The van der Waals surface area contributed by atoms with Gasteiger partial charge in [-0.3, -0.25) is 4.21 Å². The number of ether oxygens (including phenoxy) is 1. The molecule has 2 N–H and O–H groups in total. The molecular weight excluding hydrogens is 222 g/mol. The van der Waals surface area contributed by atoms with Gasteiger partial charge in [-0.25, -0.2) is 0 Å². The van der Waals surface area contributed by atoms with E-state index >= 15 is 0 Å². The van der Waals surface area contributed by atoms with Crippen LogP contribution in [0, 0.1) is 5.41 Å². The van der Waals surface area contributed by atoms with E-state index in [1.807, 2.05) is 6.92 Å². The quantitative estimate of drug-likeness (QED) is 0.800. The minimum atomic E-state index is -0.827. The Kier molecular flexibility index (Phi) is 3.44. The van der Waals surface area contributed by atoms with Crippen molar-refractivity contribution >= 4 is 10.8 Å². The highest BCUT2D eigenvalue weighted by Crippen LogP contribution is 2.40. The molecule has 5 atom stereocenters. The molecule has 5 unspecified atom stereocenters. The molecule has 16 heavy (non-hydrogen) atoms. The van der Waals surface area contributed by atoms with Crippen LogP contribution in [0.4, 0.5) is 0 Å². The van der Waals surface area contributed by atoms with Gasteiger partial charge in [0.05, 0.1) is 16.6 Å². The summed E-state index contributed by atoms with van der Waals surface area (Å²) in [5.41, 5.74) is 6.38. The summed E-state index contributed by atoms with van der Waals surface area (Å²) in [5.74, 6) is 0. The number of hydrogen-bond donors (Lipinski definition) is 1. The highest BCUT2D eigenvalue weighted by Gasteiger charge is 2.45. The molecule has 1 heterocycles. The van der Waals surface area contributed by atoms with Crippen molar-refractivity contribution in [2.75, 3.05) is 6.61 Å². The van der Waals surface area contributed by atoms with Gasteiger partial charge in [-0.15, -0.1) is 0 Å². The number of rotatable bonds is 2. The van der Waals surface area contributed by atoms with E-state index in [9.17, 15) is 4.21 Å². The average Bonchev–Trinajstić information content (AvgIpc) is 2.73. The minimum absolute atomic E-state index is 0.0705. The zero-order chi connectivity index (χ0) is 11.9. The smallest absolute Gasteiger partial charge is 0.0691 e. The largest absolute Gasteiger partial charge is 0.377 e. The Balaban J connectivity index is 2.06. The Morgan fingerprint density at radius 3 is 2.44 bits per heavy atom. The molecule has 0 spiro atoms. The van der Waals surface area contributed by atoms with Crippen LogP contribution in [-0.2, 0) is 15.5 Å². The second kappa shape index (κ2) is 4.39. The summed E-state index contributed by atoms with van der Waals surface area (Å²) in [6.45, 7) is 7.15. The maximum absolute atomic E-state index is 12.5. The normalized spacial score (nSPS) is 44.8. The average molecular weight is 245 g/mol. The molecule has 3 nitrogen and oxygen atoms in total. The van der Waals surface area contributed by atoms with E-state index in [0.717, 1.165) is 25.9 Å². The predicted molar refractivity (Wildman–Crippen MR) is 66.7 cm³/mol. The summed E-state index contributed by atoms with van der Waals surface area (Å²) < 4.78 is 18.0. The van der Waals surface area contributed by atoms with Crippen molar-refractivity contribution in [3.05, 3.63) is 0 Å². The summed E-state index contributed by atoms with van der Waals surface area (Å²) in [7, 11) is -0.827. The highest BCUT2D eigenvalue weighted by molar-refractivity contribution is 7.86. The molecular formula is C12H23NO2S. The minimum Gasteiger partial charge on any atom is -0.377 e. The third-order valence-electron chi connectivity index (χ3n) is 4.28. The van der Waals surface area contributed by atoms with Crippen LogP contribution in [0.5, 0.6) is 0 Å². The maximum Gasteiger partial charge on any atom is 0.0691 e. The molecule has 2 fully saturated rings. The van der Waals surface area contributed by atoms with Gasteiger partial charge in [0.2, 0.25) is 0 Å². The molecule has 0 amide bonds. The van der Waals surface area contributed by atoms with Crippen LogP contribution >= 0.6 is 0 Å². The first-order valence-corrected chi connectivity index (χ1v) is 7.47. The Morgan fingerprint density at radius 2 is 2.00 bits per heavy atom. The van der Waals surface area contributed by atoms with E-state index in [1.165, 1.54) is 0 Å². The molecule has 0 radical (unpaired) electrons. The Labute approximate surface area is 101 Å². The molecule has 1 saturated carbocycles. The van der Waals surface area contributed by atoms with Crippen molar-refractivity contribution in [3.63, 3.8) is 0 Å². The molecule has 0 aromatic rings. The predicted octanol–water partition coefficient (Wildman–Crippen LogP) is 1.43. The van der Waals surface area contributed by atoms with Gasteiger partial charge < -0.3 is 10.5 Å². The molecule has 1 aliphatic heterocycles. The second-order valence-corrected chi connectivity index (χ2v) is 7.69. The van der Waals surface area contributed by atoms with Gasteiger partial charge in [-0.05, 0) is 31.6 Å². The lowest BCUT2D eigenvalue weighted by atomic mass is 9.88. The maximum atomic E-state index is 12.5. The first-order valence-electron chi connectivity index (χ1n) is 6.20. The van der Waals surface area contributed by atoms with Crippen LogP contribution in [0.3, 0.4) is 0 Å². The number of hydrogen-bond acceptors (Lipinski definition) is 3.